The lowest BCUT2D eigenvalue weighted by atomic mass is 10.1. The molecule has 1 saturated heterocycles. The molecule has 0 amide bonds. The Morgan fingerprint density at radius 1 is 1.00 bits per heavy atom. The minimum atomic E-state index is 0.491. The molecule has 1 aromatic heterocycles. The predicted molar refractivity (Wildman–Crippen MR) is 112 cm³/mol. The first-order valence-electron chi connectivity index (χ1n) is 9.35. The second kappa shape index (κ2) is 8.05. The molecule has 142 valence electrons. The number of piperazine rings is 1. The van der Waals surface area contributed by atoms with Crippen LogP contribution in [0.15, 0.2) is 42.5 Å². The third-order valence-corrected chi connectivity index (χ3v) is 6.20. The van der Waals surface area contributed by atoms with Gasteiger partial charge in [0.05, 0.1) is 21.2 Å². The molecule has 0 bridgehead atoms. The summed E-state index contributed by atoms with van der Waals surface area (Å²) in [6.45, 7) is 7.11. The van der Waals surface area contributed by atoms with E-state index in [0.29, 0.717) is 16.1 Å². The Balaban J connectivity index is 1.33. The van der Waals surface area contributed by atoms with E-state index in [-0.39, 0.29) is 0 Å². The summed E-state index contributed by atoms with van der Waals surface area (Å²) < 4.78 is 2.01. The van der Waals surface area contributed by atoms with E-state index in [0.717, 1.165) is 55.9 Å². The largest absolute Gasteiger partial charge is 0.368 e. The van der Waals surface area contributed by atoms with Crippen LogP contribution in [0.25, 0.3) is 11.0 Å². The number of para-hydroxylation sites is 1. The molecule has 4 rings (SSSR count). The van der Waals surface area contributed by atoms with Gasteiger partial charge in [-0.2, -0.15) is 0 Å². The summed E-state index contributed by atoms with van der Waals surface area (Å²) in [5, 5.41) is 9.80. The minimum absolute atomic E-state index is 0.491. The molecular formula is C20H23Cl2N5. The lowest BCUT2D eigenvalue weighted by Gasteiger charge is -2.39. The second-order valence-corrected chi connectivity index (χ2v) is 7.82. The van der Waals surface area contributed by atoms with Gasteiger partial charge in [0.1, 0.15) is 5.52 Å². The number of anilines is 1. The van der Waals surface area contributed by atoms with E-state index in [1.165, 1.54) is 0 Å². The number of aromatic nitrogens is 3. The molecular weight excluding hydrogens is 381 g/mol. The first-order valence-corrected chi connectivity index (χ1v) is 10.1. The number of benzene rings is 2. The van der Waals surface area contributed by atoms with Gasteiger partial charge in [-0.1, -0.05) is 46.6 Å². The molecule has 0 saturated carbocycles. The fraction of sp³-hybridized carbons (Fsp3) is 0.400. The van der Waals surface area contributed by atoms with Gasteiger partial charge in [-0.15, -0.1) is 5.10 Å². The highest BCUT2D eigenvalue weighted by Gasteiger charge is 2.23. The highest BCUT2D eigenvalue weighted by molar-refractivity contribution is 6.43. The SMILES string of the molecule is CC(CCn1nnc2ccccc21)N1CCN(c2cccc(Cl)c2Cl)CC1. The van der Waals surface area contributed by atoms with Gasteiger partial charge < -0.3 is 4.90 Å². The molecule has 1 aliphatic rings. The van der Waals surface area contributed by atoms with Crippen LogP contribution in [0, 0.1) is 0 Å². The lowest BCUT2D eigenvalue weighted by molar-refractivity contribution is 0.183. The number of aryl methyl sites for hydroxylation is 1. The van der Waals surface area contributed by atoms with Gasteiger partial charge in [0.2, 0.25) is 0 Å². The van der Waals surface area contributed by atoms with Gasteiger partial charge in [-0.25, -0.2) is 4.68 Å². The monoisotopic (exact) mass is 403 g/mol. The van der Waals surface area contributed by atoms with Crippen molar-refractivity contribution in [2.45, 2.75) is 25.9 Å². The fourth-order valence-corrected chi connectivity index (χ4v) is 4.13. The van der Waals surface area contributed by atoms with Crippen molar-refractivity contribution >= 4 is 39.9 Å². The molecule has 1 fully saturated rings. The molecule has 2 aromatic carbocycles. The van der Waals surface area contributed by atoms with Gasteiger partial charge >= 0.3 is 0 Å². The van der Waals surface area contributed by atoms with E-state index in [1.54, 1.807) is 0 Å². The van der Waals surface area contributed by atoms with Crippen LogP contribution in [0.4, 0.5) is 5.69 Å². The lowest BCUT2D eigenvalue weighted by Crippen LogP contribution is -2.50. The average molecular weight is 404 g/mol. The zero-order chi connectivity index (χ0) is 18.8. The van der Waals surface area contributed by atoms with Crippen LogP contribution in [0.1, 0.15) is 13.3 Å². The maximum atomic E-state index is 6.38. The highest BCUT2D eigenvalue weighted by Crippen LogP contribution is 2.33. The first kappa shape index (κ1) is 18.5. The third-order valence-electron chi connectivity index (χ3n) is 5.39. The summed E-state index contributed by atoms with van der Waals surface area (Å²) in [7, 11) is 0. The Hall–Kier alpha value is -1.82. The topological polar surface area (TPSA) is 37.2 Å². The predicted octanol–water partition coefficient (Wildman–Crippen LogP) is 4.34. The van der Waals surface area contributed by atoms with Crippen LogP contribution in [-0.4, -0.2) is 52.1 Å². The molecule has 1 aliphatic heterocycles. The number of fused-ring (bicyclic) bond motifs is 1. The summed E-state index contributed by atoms with van der Waals surface area (Å²) in [4.78, 5) is 4.86. The molecule has 3 aromatic rings. The molecule has 0 aliphatic carbocycles. The van der Waals surface area contributed by atoms with Crippen LogP contribution >= 0.6 is 23.2 Å². The zero-order valence-electron chi connectivity index (χ0n) is 15.4. The molecule has 5 nitrogen and oxygen atoms in total. The number of halogens is 2. The second-order valence-electron chi connectivity index (χ2n) is 7.03. The summed E-state index contributed by atoms with van der Waals surface area (Å²) in [6.07, 6.45) is 1.05. The van der Waals surface area contributed by atoms with Crippen molar-refractivity contribution in [1.82, 2.24) is 19.9 Å². The van der Waals surface area contributed by atoms with E-state index in [4.69, 9.17) is 23.2 Å². The van der Waals surface area contributed by atoms with E-state index >= 15 is 0 Å². The van der Waals surface area contributed by atoms with Crippen LogP contribution < -0.4 is 4.90 Å². The number of hydrogen-bond acceptors (Lipinski definition) is 4. The van der Waals surface area contributed by atoms with E-state index in [2.05, 4.69) is 33.1 Å². The van der Waals surface area contributed by atoms with Crippen molar-refractivity contribution in [2.24, 2.45) is 0 Å². The summed E-state index contributed by atoms with van der Waals surface area (Å²) in [6, 6.07) is 14.4. The van der Waals surface area contributed by atoms with Crippen molar-refractivity contribution in [1.29, 1.82) is 0 Å². The molecule has 27 heavy (non-hydrogen) atoms. The number of hydrogen-bond donors (Lipinski definition) is 0. The Bertz CT molecular complexity index is 918. The molecule has 0 N–H and O–H groups in total. The van der Waals surface area contributed by atoms with Gasteiger partial charge in [0, 0.05) is 38.8 Å². The van der Waals surface area contributed by atoms with E-state index in [1.807, 2.05) is 41.1 Å². The Morgan fingerprint density at radius 3 is 2.59 bits per heavy atom. The summed E-state index contributed by atoms with van der Waals surface area (Å²) >= 11 is 12.5. The average Bonchev–Trinajstić information content (AvgIpc) is 3.12. The Labute approximate surface area is 169 Å². The van der Waals surface area contributed by atoms with Crippen molar-refractivity contribution in [3.05, 3.63) is 52.5 Å². The maximum absolute atomic E-state index is 6.38. The van der Waals surface area contributed by atoms with Crippen LogP contribution in [0.3, 0.4) is 0 Å². The zero-order valence-corrected chi connectivity index (χ0v) is 16.9. The Kier molecular flexibility index (Phi) is 5.53. The summed E-state index contributed by atoms with van der Waals surface area (Å²) in [5.74, 6) is 0. The number of nitrogens with zero attached hydrogens (tertiary/aromatic N) is 5. The van der Waals surface area contributed by atoms with Gasteiger partial charge in [0.25, 0.3) is 0 Å². The normalized spacial score (nSPS) is 16.8. The quantitative estimate of drug-likeness (QED) is 0.634. The highest BCUT2D eigenvalue weighted by atomic mass is 35.5. The standard InChI is InChI=1S/C20H23Cl2N5/c1-15(9-10-27-18-7-3-2-6-17(18)23-24-27)25-11-13-26(14-12-25)19-8-4-5-16(21)20(19)22/h2-8,15H,9-14H2,1H3. The van der Waals surface area contributed by atoms with Crippen molar-refractivity contribution < 1.29 is 0 Å². The number of rotatable bonds is 5. The van der Waals surface area contributed by atoms with Crippen LogP contribution in [0.5, 0.6) is 0 Å². The first-order chi connectivity index (χ1) is 13.1. The third kappa shape index (κ3) is 3.91. The molecule has 1 unspecified atom stereocenters. The van der Waals surface area contributed by atoms with Gasteiger partial charge in [-0.05, 0) is 37.6 Å². The van der Waals surface area contributed by atoms with Crippen LogP contribution in [0.2, 0.25) is 10.0 Å². The van der Waals surface area contributed by atoms with Crippen LogP contribution in [-0.2, 0) is 6.54 Å². The Morgan fingerprint density at radius 2 is 1.78 bits per heavy atom. The molecule has 0 radical (unpaired) electrons. The van der Waals surface area contributed by atoms with Gasteiger partial charge in [0.15, 0.2) is 0 Å². The van der Waals surface area contributed by atoms with E-state index in [9.17, 15) is 0 Å². The van der Waals surface area contributed by atoms with Crippen molar-refractivity contribution in [3.8, 4) is 0 Å². The van der Waals surface area contributed by atoms with Gasteiger partial charge in [-0.3, -0.25) is 4.90 Å². The maximum Gasteiger partial charge on any atom is 0.113 e. The summed E-state index contributed by atoms with van der Waals surface area (Å²) in [5.41, 5.74) is 3.09. The minimum Gasteiger partial charge on any atom is -0.368 e. The smallest absolute Gasteiger partial charge is 0.113 e. The molecule has 2 heterocycles. The molecule has 1 atom stereocenters. The van der Waals surface area contributed by atoms with Crippen molar-refractivity contribution in [2.75, 3.05) is 31.1 Å². The van der Waals surface area contributed by atoms with E-state index < -0.39 is 0 Å². The molecule has 0 spiro atoms. The van der Waals surface area contributed by atoms with Crippen molar-refractivity contribution in [3.63, 3.8) is 0 Å². The fourth-order valence-electron chi connectivity index (χ4n) is 3.71. The molecule has 7 heteroatoms.